The van der Waals surface area contributed by atoms with E-state index in [1.165, 1.54) is 12.0 Å². The molecule has 0 spiro atoms. The predicted octanol–water partition coefficient (Wildman–Crippen LogP) is 2.70. The lowest BCUT2D eigenvalue weighted by Gasteiger charge is -2.42. The van der Waals surface area contributed by atoms with E-state index in [1.54, 1.807) is 0 Å². The molecule has 0 bridgehead atoms. The lowest BCUT2D eigenvalue weighted by molar-refractivity contribution is -0.124. The molecule has 1 saturated carbocycles. The van der Waals surface area contributed by atoms with E-state index in [2.05, 4.69) is 37.3 Å². The van der Waals surface area contributed by atoms with Gasteiger partial charge in [0.2, 0.25) is 0 Å². The van der Waals surface area contributed by atoms with Gasteiger partial charge in [0, 0.05) is 38.7 Å². The van der Waals surface area contributed by atoms with Gasteiger partial charge in [-0.3, -0.25) is 0 Å². The maximum Gasteiger partial charge on any atom is 0.0879 e. The van der Waals surface area contributed by atoms with Crippen LogP contribution < -0.4 is 5.73 Å². The van der Waals surface area contributed by atoms with Crippen LogP contribution in [0.2, 0.25) is 0 Å². The highest BCUT2D eigenvalue weighted by Crippen LogP contribution is 2.52. The van der Waals surface area contributed by atoms with E-state index in [0.717, 1.165) is 32.7 Å². The van der Waals surface area contributed by atoms with E-state index in [0.29, 0.717) is 11.8 Å². The molecule has 110 valence electrons. The summed E-state index contributed by atoms with van der Waals surface area (Å²) in [5.74, 6) is 1.17. The van der Waals surface area contributed by atoms with Gasteiger partial charge in [0.1, 0.15) is 0 Å². The number of rotatable bonds is 5. The second kappa shape index (κ2) is 5.84. The Hall–Kier alpha value is -0.900. The largest absolute Gasteiger partial charge is 0.381 e. The monoisotopic (exact) mass is 275 g/mol. The van der Waals surface area contributed by atoms with Crippen molar-refractivity contribution >= 4 is 0 Å². The molecular formula is C17H25NO2. The molecule has 2 aliphatic rings. The van der Waals surface area contributed by atoms with Crippen molar-refractivity contribution in [1.29, 1.82) is 0 Å². The Kier molecular flexibility index (Phi) is 4.11. The van der Waals surface area contributed by atoms with Crippen LogP contribution in [0.1, 0.15) is 37.7 Å². The number of ether oxygens (including phenoxy) is 2. The first-order valence-electron chi connectivity index (χ1n) is 7.79. The van der Waals surface area contributed by atoms with Gasteiger partial charge < -0.3 is 15.2 Å². The summed E-state index contributed by atoms with van der Waals surface area (Å²) in [5, 5.41) is 0. The lowest BCUT2D eigenvalue weighted by atomic mass is 9.83. The number of hydrogen-bond donors (Lipinski definition) is 1. The molecule has 1 aliphatic carbocycles. The van der Waals surface area contributed by atoms with Crippen LogP contribution in [0, 0.1) is 5.92 Å². The van der Waals surface area contributed by atoms with Crippen LogP contribution in [0.15, 0.2) is 30.3 Å². The zero-order valence-electron chi connectivity index (χ0n) is 12.3. The first-order chi connectivity index (χ1) is 9.77. The molecule has 3 unspecified atom stereocenters. The van der Waals surface area contributed by atoms with E-state index in [1.807, 2.05) is 0 Å². The summed E-state index contributed by atoms with van der Waals surface area (Å²) in [7, 11) is 0. The molecule has 1 aromatic carbocycles. The van der Waals surface area contributed by atoms with Crippen molar-refractivity contribution in [3.8, 4) is 0 Å². The lowest BCUT2D eigenvalue weighted by Crippen LogP contribution is -2.54. The van der Waals surface area contributed by atoms with Gasteiger partial charge in [-0.25, -0.2) is 0 Å². The van der Waals surface area contributed by atoms with Crippen molar-refractivity contribution in [2.75, 3.05) is 19.8 Å². The molecule has 20 heavy (non-hydrogen) atoms. The van der Waals surface area contributed by atoms with Crippen LogP contribution in [0.3, 0.4) is 0 Å². The third-order valence-corrected chi connectivity index (χ3v) is 4.91. The Morgan fingerprint density at radius 2 is 2.00 bits per heavy atom. The smallest absolute Gasteiger partial charge is 0.0879 e. The minimum atomic E-state index is -0.165. The summed E-state index contributed by atoms with van der Waals surface area (Å²) in [4.78, 5) is 0. The molecule has 1 heterocycles. The molecule has 0 aromatic heterocycles. The van der Waals surface area contributed by atoms with Crippen molar-refractivity contribution in [2.24, 2.45) is 11.7 Å². The van der Waals surface area contributed by atoms with Crippen molar-refractivity contribution < 1.29 is 9.47 Å². The Labute approximate surface area is 121 Å². The van der Waals surface area contributed by atoms with E-state index in [4.69, 9.17) is 15.2 Å². The quantitative estimate of drug-likeness (QED) is 0.898. The van der Waals surface area contributed by atoms with E-state index in [-0.39, 0.29) is 11.6 Å². The summed E-state index contributed by atoms with van der Waals surface area (Å²) >= 11 is 0. The first-order valence-corrected chi connectivity index (χ1v) is 7.79. The van der Waals surface area contributed by atoms with Crippen molar-refractivity contribution in [3.05, 3.63) is 35.9 Å². The average Bonchev–Trinajstić information content (AvgIpc) is 3.29. The van der Waals surface area contributed by atoms with Gasteiger partial charge in [0.05, 0.1) is 5.60 Å². The topological polar surface area (TPSA) is 44.5 Å². The Morgan fingerprint density at radius 1 is 1.30 bits per heavy atom. The molecule has 2 N–H and O–H groups in total. The molecule has 3 nitrogen and oxygen atoms in total. The van der Waals surface area contributed by atoms with E-state index < -0.39 is 0 Å². The van der Waals surface area contributed by atoms with Gasteiger partial charge >= 0.3 is 0 Å². The molecule has 1 saturated heterocycles. The second-order valence-electron chi connectivity index (χ2n) is 6.05. The minimum absolute atomic E-state index is 0.122. The second-order valence-corrected chi connectivity index (χ2v) is 6.05. The van der Waals surface area contributed by atoms with Gasteiger partial charge in [-0.1, -0.05) is 30.3 Å². The fourth-order valence-corrected chi connectivity index (χ4v) is 3.66. The molecule has 3 rings (SSSR count). The third kappa shape index (κ3) is 2.62. The summed E-state index contributed by atoms with van der Waals surface area (Å²) in [5.41, 5.74) is 7.88. The van der Waals surface area contributed by atoms with Crippen LogP contribution in [-0.4, -0.2) is 31.5 Å². The molecule has 3 heteroatoms. The Balaban J connectivity index is 1.70. The van der Waals surface area contributed by atoms with E-state index >= 15 is 0 Å². The van der Waals surface area contributed by atoms with Crippen molar-refractivity contribution in [3.63, 3.8) is 0 Å². The number of hydrogen-bond acceptors (Lipinski definition) is 3. The van der Waals surface area contributed by atoms with Gasteiger partial charge in [0.25, 0.3) is 0 Å². The first kappa shape index (κ1) is 14.1. The molecule has 0 amide bonds. The maximum atomic E-state index is 6.62. The fraction of sp³-hybridized carbons (Fsp3) is 0.647. The van der Waals surface area contributed by atoms with Gasteiger partial charge in [-0.15, -0.1) is 0 Å². The van der Waals surface area contributed by atoms with E-state index in [9.17, 15) is 0 Å². The highest BCUT2D eigenvalue weighted by Gasteiger charge is 2.51. The third-order valence-electron chi connectivity index (χ3n) is 4.91. The van der Waals surface area contributed by atoms with Gasteiger partial charge in [-0.2, -0.15) is 0 Å². The predicted molar refractivity (Wildman–Crippen MR) is 79.7 cm³/mol. The molecule has 3 atom stereocenters. The van der Waals surface area contributed by atoms with Crippen LogP contribution >= 0.6 is 0 Å². The summed E-state index contributed by atoms with van der Waals surface area (Å²) < 4.78 is 11.6. The highest BCUT2D eigenvalue weighted by atomic mass is 16.5. The molecule has 2 fully saturated rings. The SMILES string of the molecule is CCOC1(C(N)C2CC2c2ccccc2)CCOCC1. The molecule has 1 aromatic rings. The minimum Gasteiger partial charge on any atom is -0.381 e. The molecular weight excluding hydrogens is 250 g/mol. The highest BCUT2D eigenvalue weighted by molar-refractivity contribution is 5.27. The van der Waals surface area contributed by atoms with Crippen molar-refractivity contribution in [1.82, 2.24) is 0 Å². The van der Waals surface area contributed by atoms with Crippen LogP contribution in [-0.2, 0) is 9.47 Å². The van der Waals surface area contributed by atoms with Crippen molar-refractivity contribution in [2.45, 2.75) is 43.7 Å². The van der Waals surface area contributed by atoms with Crippen LogP contribution in [0.4, 0.5) is 0 Å². The Morgan fingerprint density at radius 3 is 2.65 bits per heavy atom. The van der Waals surface area contributed by atoms with Gasteiger partial charge in [0.15, 0.2) is 0 Å². The zero-order valence-corrected chi connectivity index (χ0v) is 12.3. The summed E-state index contributed by atoms with van der Waals surface area (Å²) in [6.07, 6.45) is 3.06. The number of benzene rings is 1. The summed E-state index contributed by atoms with van der Waals surface area (Å²) in [6, 6.07) is 10.9. The maximum absolute atomic E-state index is 6.62. The zero-order chi connectivity index (χ0) is 14.0. The van der Waals surface area contributed by atoms with Crippen LogP contribution in [0.25, 0.3) is 0 Å². The summed E-state index contributed by atoms with van der Waals surface area (Å²) in [6.45, 7) is 4.34. The molecule has 0 radical (unpaired) electrons. The fourth-order valence-electron chi connectivity index (χ4n) is 3.66. The number of nitrogens with two attached hydrogens (primary N) is 1. The molecule has 1 aliphatic heterocycles. The Bertz CT molecular complexity index is 422. The average molecular weight is 275 g/mol. The standard InChI is InChI=1S/C17H25NO2/c1-2-20-17(8-10-19-11-9-17)16(18)15-12-14(15)13-6-4-3-5-7-13/h3-7,14-16H,2,8-12,18H2,1H3. The normalized spacial score (nSPS) is 29.9. The van der Waals surface area contributed by atoms with Crippen LogP contribution in [0.5, 0.6) is 0 Å². The van der Waals surface area contributed by atoms with Gasteiger partial charge in [-0.05, 0) is 30.7 Å².